The van der Waals surface area contributed by atoms with E-state index in [1.807, 2.05) is 0 Å². The van der Waals surface area contributed by atoms with Crippen molar-refractivity contribution in [2.75, 3.05) is 31.1 Å². The number of rotatable bonds is 2. The molecule has 2 heterocycles. The predicted molar refractivity (Wildman–Crippen MR) is 58.5 cm³/mol. The third-order valence-corrected chi connectivity index (χ3v) is 5.50. The van der Waals surface area contributed by atoms with Gasteiger partial charge in [0.25, 0.3) is 0 Å². The topological polar surface area (TPSA) is 49.4 Å². The van der Waals surface area contributed by atoms with Gasteiger partial charge in [0.05, 0.1) is 11.5 Å². The molecule has 0 unspecified atom stereocenters. The number of hydrogen-bond donors (Lipinski definition) is 1. The molecule has 0 radical (unpaired) electrons. The first-order chi connectivity index (χ1) is 7.14. The molecule has 2 atom stereocenters. The normalized spacial score (nSPS) is 40.3. The first-order valence-electron chi connectivity index (χ1n) is 5.82. The fraction of sp³-hybridized carbons (Fsp3) is 1.00. The average Bonchev–Trinajstić information content (AvgIpc) is 2.88. The molecule has 0 spiro atoms. The summed E-state index contributed by atoms with van der Waals surface area (Å²) in [5, 5.41) is 3.34. The van der Waals surface area contributed by atoms with Crippen LogP contribution in [0.4, 0.5) is 0 Å². The van der Waals surface area contributed by atoms with Crippen LogP contribution in [0.15, 0.2) is 0 Å². The third-order valence-electron chi connectivity index (χ3n) is 3.79. The maximum atomic E-state index is 11.6. The zero-order valence-electron chi connectivity index (χ0n) is 8.85. The van der Waals surface area contributed by atoms with Crippen molar-refractivity contribution in [3.05, 3.63) is 0 Å². The van der Waals surface area contributed by atoms with Crippen LogP contribution in [0, 0.1) is 5.92 Å². The lowest BCUT2D eigenvalue weighted by Gasteiger charge is -2.37. The molecule has 0 aromatic heterocycles. The monoisotopic (exact) mass is 230 g/mol. The summed E-state index contributed by atoms with van der Waals surface area (Å²) in [7, 11) is -2.78. The standard InChI is InChI=1S/C10H18N2O2S/c13-15(14)6-9-10(7-15)12(4-3-11-9)5-8-1-2-8/h8-11H,1-7H2/t9-,10+/m0/s1. The van der Waals surface area contributed by atoms with Crippen molar-refractivity contribution in [1.82, 2.24) is 10.2 Å². The Morgan fingerprint density at radius 3 is 2.80 bits per heavy atom. The molecule has 0 amide bonds. The molecule has 15 heavy (non-hydrogen) atoms. The molecule has 1 N–H and O–H groups in total. The van der Waals surface area contributed by atoms with Gasteiger partial charge < -0.3 is 5.32 Å². The van der Waals surface area contributed by atoms with Gasteiger partial charge in [0.15, 0.2) is 9.84 Å². The van der Waals surface area contributed by atoms with Gasteiger partial charge in [0.1, 0.15) is 0 Å². The highest BCUT2D eigenvalue weighted by molar-refractivity contribution is 7.91. The van der Waals surface area contributed by atoms with E-state index in [1.165, 1.54) is 12.8 Å². The van der Waals surface area contributed by atoms with Gasteiger partial charge in [-0.2, -0.15) is 0 Å². The summed E-state index contributed by atoms with van der Waals surface area (Å²) in [6.45, 7) is 3.09. The Kier molecular flexibility index (Phi) is 2.30. The van der Waals surface area contributed by atoms with Gasteiger partial charge in [-0.1, -0.05) is 0 Å². The van der Waals surface area contributed by atoms with Crippen LogP contribution in [0.25, 0.3) is 0 Å². The minimum atomic E-state index is -2.78. The van der Waals surface area contributed by atoms with Crippen molar-refractivity contribution < 1.29 is 8.42 Å². The van der Waals surface area contributed by atoms with Crippen molar-refractivity contribution in [2.24, 2.45) is 5.92 Å². The van der Waals surface area contributed by atoms with E-state index in [0.717, 1.165) is 25.6 Å². The Balaban J connectivity index is 1.73. The second-order valence-electron chi connectivity index (χ2n) is 5.14. The molecule has 1 saturated carbocycles. The first-order valence-corrected chi connectivity index (χ1v) is 7.64. The lowest BCUT2D eigenvalue weighted by Crippen LogP contribution is -2.57. The van der Waals surface area contributed by atoms with E-state index in [9.17, 15) is 8.42 Å². The van der Waals surface area contributed by atoms with Crippen LogP contribution in [0.1, 0.15) is 12.8 Å². The predicted octanol–water partition coefficient (Wildman–Crippen LogP) is -0.533. The van der Waals surface area contributed by atoms with Crippen molar-refractivity contribution in [3.8, 4) is 0 Å². The largest absolute Gasteiger partial charge is 0.310 e. The van der Waals surface area contributed by atoms with Crippen molar-refractivity contribution >= 4 is 9.84 Å². The molecule has 1 aliphatic carbocycles. The molecule has 3 fully saturated rings. The van der Waals surface area contributed by atoms with Crippen molar-refractivity contribution in [1.29, 1.82) is 0 Å². The van der Waals surface area contributed by atoms with Crippen LogP contribution in [0.3, 0.4) is 0 Å². The molecule has 86 valence electrons. The van der Waals surface area contributed by atoms with Gasteiger partial charge in [-0.25, -0.2) is 8.42 Å². The van der Waals surface area contributed by atoms with Gasteiger partial charge in [-0.05, 0) is 18.8 Å². The molecular formula is C10H18N2O2S. The van der Waals surface area contributed by atoms with Gasteiger partial charge >= 0.3 is 0 Å². The van der Waals surface area contributed by atoms with E-state index >= 15 is 0 Å². The number of sulfone groups is 1. The molecule has 0 bridgehead atoms. The van der Waals surface area contributed by atoms with E-state index in [-0.39, 0.29) is 12.1 Å². The molecule has 0 aromatic carbocycles. The second kappa shape index (κ2) is 3.43. The van der Waals surface area contributed by atoms with Gasteiger partial charge in [-0.3, -0.25) is 4.90 Å². The summed E-state index contributed by atoms with van der Waals surface area (Å²) in [6.07, 6.45) is 2.68. The zero-order chi connectivity index (χ0) is 10.5. The smallest absolute Gasteiger partial charge is 0.153 e. The lowest BCUT2D eigenvalue weighted by atomic mass is 10.1. The number of fused-ring (bicyclic) bond motifs is 1. The fourth-order valence-corrected chi connectivity index (χ4v) is 4.79. The number of piperazine rings is 1. The van der Waals surface area contributed by atoms with E-state index in [2.05, 4.69) is 10.2 Å². The fourth-order valence-electron chi connectivity index (χ4n) is 2.80. The van der Waals surface area contributed by atoms with Crippen LogP contribution in [0.5, 0.6) is 0 Å². The summed E-state index contributed by atoms with van der Waals surface area (Å²) in [5.41, 5.74) is 0. The summed E-state index contributed by atoms with van der Waals surface area (Å²) in [4.78, 5) is 2.41. The zero-order valence-corrected chi connectivity index (χ0v) is 9.67. The minimum Gasteiger partial charge on any atom is -0.310 e. The summed E-state index contributed by atoms with van der Waals surface area (Å²) < 4.78 is 23.2. The van der Waals surface area contributed by atoms with Crippen LogP contribution in [-0.2, 0) is 9.84 Å². The van der Waals surface area contributed by atoms with Crippen molar-refractivity contribution in [2.45, 2.75) is 24.9 Å². The molecule has 3 aliphatic rings. The number of nitrogens with zero attached hydrogens (tertiary/aromatic N) is 1. The summed E-state index contributed by atoms with van der Waals surface area (Å²) in [6, 6.07) is 0.451. The Morgan fingerprint density at radius 2 is 2.07 bits per heavy atom. The maximum absolute atomic E-state index is 11.6. The quantitative estimate of drug-likeness (QED) is 0.693. The molecule has 3 rings (SSSR count). The van der Waals surface area contributed by atoms with E-state index < -0.39 is 9.84 Å². The Labute approximate surface area is 90.9 Å². The highest BCUT2D eigenvalue weighted by atomic mass is 32.2. The SMILES string of the molecule is O=S1(=O)C[C@@H]2NCCN(CC3CC3)[C@@H]2C1. The van der Waals surface area contributed by atoms with Crippen LogP contribution in [-0.4, -0.2) is 56.5 Å². The number of hydrogen-bond acceptors (Lipinski definition) is 4. The maximum Gasteiger partial charge on any atom is 0.153 e. The molecule has 0 aromatic rings. The molecule has 4 nitrogen and oxygen atoms in total. The summed E-state index contributed by atoms with van der Waals surface area (Å²) >= 11 is 0. The molecule has 2 aliphatic heterocycles. The third kappa shape index (κ3) is 2.05. The summed E-state index contributed by atoms with van der Waals surface area (Å²) in [5.74, 6) is 1.57. The highest BCUT2D eigenvalue weighted by Gasteiger charge is 2.43. The molecule has 5 heteroatoms. The molecule has 2 saturated heterocycles. The molecular weight excluding hydrogens is 212 g/mol. The van der Waals surface area contributed by atoms with Crippen molar-refractivity contribution in [3.63, 3.8) is 0 Å². The van der Waals surface area contributed by atoms with Crippen LogP contribution in [0.2, 0.25) is 0 Å². The minimum absolute atomic E-state index is 0.197. The van der Waals surface area contributed by atoms with E-state index in [1.54, 1.807) is 0 Å². The highest BCUT2D eigenvalue weighted by Crippen LogP contribution is 2.32. The Hall–Kier alpha value is -0.130. The van der Waals surface area contributed by atoms with Gasteiger partial charge in [-0.15, -0.1) is 0 Å². The van der Waals surface area contributed by atoms with Gasteiger partial charge in [0.2, 0.25) is 0 Å². The second-order valence-corrected chi connectivity index (χ2v) is 7.30. The first kappa shape index (κ1) is 10.1. The Bertz CT molecular complexity index is 350. The average molecular weight is 230 g/mol. The lowest BCUT2D eigenvalue weighted by molar-refractivity contribution is 0.143. The number of nitrogens with one attached hydrogen (secondary N) is 1. The van der Waals surface area contributed by atoms with Crippen LogP contribution >= 0.6 is 0 Å². The van der Waals surface area contributed by atoms with Gasteiger partial charge in [0, 0.05) is 31.7 Å². The van der Waals surface area contributed by atoms with Crippen LogP contribution < -0.4 is 5.32 Å². The van der Waals surface area contributed by atoms with E-state index in [4.69, 9.17) is 0 Å². The van der Waals surface area contributed by atoms with E-state index in [0.29, 0.717) is 11.5 Å². The Morgan fingerprint density at radius 1 is 1.27 bits per heavy atom.